The lowest BCUT2D eigenvalue weighted by Gasteiger charge is -2.40. The summed E-state index contributed by atoms with van der Waals surface area (Å²) in [4.78, 5) is 5.89. The summed E-state index contributed by atoms with van der Waals surface area (Å²) in [6.07, 6.45) is 3.30. The van der Waals surface area contributed by atoms with Gasteiger partial charge in [-0.1, -0.05) is 6.07 Å². The first-order valence-corrected chi connectivity index (χ1v) is 8.24. The predicted molar refractivity (Wildman–Crippen MR) is 82.3 cm³/mol. The third kappa shape index (κ3) is 2.70. The maximum absolute atomic E-state index is 12.6. The third-order valence-corrected chi connectivity index (χ3v) is 5.30. The van der Waals surface area contributed by atoms with Gasteiger partial charge in [-0.05, 0) is 49.4 Å². The molecule has 0 radical (unpaired) electrons. The van der Waals surface area contributed by atoms with Gasteiger partial charge < -0.3 is 0 Å². The Kier molecular flexibility index (Phi) is 3.63. The van der Waals surface area contributed by atoms with Crippen LogP contribution in [0.2, 0.25) is 0 Å². The van der Waals surface area contributed by atoms with E-state index in [0.717, 1.165) is 50.4 Å². The van der Waals surface area contributed by atoms with Gasteiger partial charge in [0.2, 0.25) is 0 Å². The number of aryl methyl sites for hydroxylation is 1. The fourth-order valence-electron chi connectivity index (χ4n) is 4.17. The van der Waals surface area contributed by atoms with Crippen molar-refractivity contribution in [3.05, 3.63) is 47.0 Å². The van der Waals surface area contributed by atoms with Gasteiger partial charge in [-0.2, -0.15) is 18.3 Å². The van der Waals surface area contributed by atoms with Crippen molar-refractivity contribution in [1.82, 2.24) is 20.1 Å². The number of halogens is 3. The van der Waals surface area contributed by atoms with Crippen molar-refractivity contribution in [3.63, 3.8) is 0 Å². The molecule has 1 aliphatic heterocycles. The lowest BCUT2D eigenvalue weighted by molar-refractivity contribution is -0.141. The average Bonchev–Trinajstić information content (AvgIpc) is 3.13. The zero-order chi connectivity index (χ0) is 16.8. The minimum absolute atomic E-state index is 0.128. The minimum atomic E-state index is -4.38. The molecule has 128 valence electrons. The molecule has 4 rings (SSSR count). The van der Waals surface area contributed by atoms with Gasteiger partial charge in [0, 0.05) is 30.4 Å². The van der Waals surface area contributed by atoms with E-state index in [0.29, 0.717) is 6.54 Å². The summed E-state index contributed by atoms with van der Waals surface area (Å²) in [5, 5.41) is 7.35. The first-order valence-electron chi connectivity index (χ1n) is 8.24. The second-order valence-electron chi connectivity index (χ2n) is 6.91. The number of pyridine rings is 1. The van der Waals surface area contributed by atoms with Crippen molar-refractivity contribution in [1.29, 1.82) is 0 Å². The Morgan fingerprint density at radius 3 is 2.83 bits per heavy atom. The zero-order valence-corrected chi connectivity index (χ0v) is 13.2. The second-order valence-corrected chi connectivity index (χ2v) is 6.91. The number of hydrogen-bond acceptors (Lipinski definition) is 3. The summed E-state index contributed by atoms with van der Waals surface area (Å²) in [5.74, 6) is 0. The molecule has 1 saturated heterocycles. The monoisotopic (exact) mass is 336 g/mol. The molecule has 2 aromatic rings. The van der Waals surface area contributed by atoms with Crippen molar-refractivity contribution in [2.45, 2.75) is 43.8 Å². The number of aromatic amines is 1. The molecular formula is C17H19F3N4. The summed E-state index contributed by atoms with van der Waals surface area (Å²) in [5.41, 5.74) is 2.69. The van der Waals surface area contributed by atoms with E-state index in [2.05, 4.69) is 20.1 Å². The third-order valence-electron chi connectivity index (χ3n) is 5.30. The van der Waals surface area contributed by atoms with Gasteiger partial charge in [-0.3, -0.25) is 15.0 Å². The molecule has 2 aromatic heterocycles. The molecule has 4 nitrogen and oxygen atoms in total. The van der Waals surface area contributed by atoms with Crippen molar-refractivity contribution < 1.29 is 13.2 Å². The smallest absolute Gasteiger partial charge is 0.298 e. The molecule has 24 heavy (non-hydrogen) atoms. The number of fused-ring (bicyclic) bond motifs is 2. The maximum atomic E-state index is 12.6. The number of likely N-dealkylation sites (tertiary alicyclic amines) is 1. The second kappa shape index (κ2) is 5.58. The van der Waals surface area contributed by atoms with E-state index in [1.807, 2.05) is 6.20 Å². The highest BCUT2D eigenvalue weighted by molar-refractivity contribution is 5.33. The number of piperidine rings is 1. The quantitative estimate of drug-likeness (QED) is 0.915. The number of hydrogen-bond donors (Lipinski definition) is 1. The van der Waals surface area contributed by atoms with Crippen LogP contribution in [0.15, 0.2) is 24.5 Å². The Morgan fingerprint density at radius 2 is 2.08 bits per heavy atom. The van der Waals surface area contributed by atoms with E-state index in [-0.39, 0.29) is 5.41 Å². The number of H-pyrrole nitrogens is 1. The molecule has 1 fully saturated rings. The minimum Gasteiger partial charge on any atom is -0.298 e. The summed E-state index contributed by atoms with van der Waals surface area (Å²) in [6, 6.07) is 2.60. The van der Waals surface area contributed by atoms with Gasteiger partial charge >= 0.3 is 6.18 Å². The molecule has 3 heterocycles. The molecule has 2 aliphatic rings. The van der Waals surface area contributed by atoms with Crippen LogP contribution in [-0.2, 0) is 24.6 Å². The zero-order valence-electron chi connectivity index (χ0n) is 13.2. The fraction of sp³-hybridized carbons (Fsp3) is 0.529. The molecule has 1 N–H and O–H groups in total. The van der Waals surface area contributed by atoms with Crippen LogP contribution in [0.3, 0.4) is 0 Å². The topological polar surface area (TPSA) is 44.8 Å². The number of rotatable bonds is 2. The van der Waals surface area contributed by atoms with Crippen LogP contribution >= 0.6 is 0 Å². The molecule has 1 spiro atoms. The largest absolute Gasteiger partial charge is 0.433 e. The van der Waals surface area contributed by atoms with Crippen LogP contribution in [0.25, 0.3) is 0 Å². The molecule has 1 atom stereocenters. The van der Waals surface area contributed by atoms with E-state index < -0.39 is 11.9 Å². The Bertz CT molecular complexity index is 722. The Balaban J connectivity index is 1.48. The molecule has 7 heteroatoms. The first-order chi connectivity index (χ1) is 11.5. The van der Waals surface area contributed by atoms with Crippen molar-refractivity contribution >= 4 is 0 Å². The van der Waals surface area contributed by atoms with E-state index in [1.165, 1.54) is 23.5 Å². The first kappa shape index (κ1) is 15.6. The molecule has 0 aromatic carbocycles. The normalized spacial score (nSPS) is 24.5. The number of nitrogens with zero attached hydrogens (tertiary/aromatic N) is 3. The van der Waals surface area contributed by atoms with E-state index in [4.69, 9.17) is 0 Å². The van der Waals surface area contributed by atoms with E-state index in [1.54, 1.807) is 0 Å². The number of alkyl halides is 3. The summed E-state index contributed by atoms with van der Waals surface area (Å²) in [7, 11) is 0. The highest BCUT2D eigenvalue weighted by Gasteiger charge is 2.43. The highest BCUT2D eigenvalue weighted by atomic mass is 19.4. The number of aromatic nitrogens is 3. The molecule has 0 saturated carbocycles. The standard InChI is InChI=1S/C17H19F3N4/c18-17(19,20)14-3-2-12(8-21-14)10-24-7-1-5-16(11-24)6-4-13-9-22-23-15(13)16/h2-3,8-9H,1,4-7,10-11H2,(H,22,23). The van der Waals surface area contributed by atoms with Crippen LogP contribution in [0, 0.1) is 0 Å². The lowest BCUT2D eigenvalue weighted by Crippen LogP contribution is -2.44. The summed E-state index contributed by atoms with van der Waals surface area (Å²) in [6.45, 7) is 2.52. The molecule has 1 aliphatic carbocycles. The Hall–Kier alpha value is -1.89. The highest BCUT2D eigenvalue weighted by Crippen LogP contribution is 2.44. The summed E-state index contributed by atoms with van der Waals surface area (Å²) >= 11 is 0. The van der Waals surface area contributed by atoms with Gasteiger partial charge in [-0.15, -0.1) is 0 Å². The summed E-state index contributed by atoms with van der Waals surface area (Å²) < 4.78 is 37.8. The Morgan fingerprint density at radius 1 is 1.21 bits per heavy atom. The average molecular weight is 336 g/mol. The van der Waals surface area contributed by atoms with Gasteiger partial charge in [-0.25, -0.2) is 0 Å². The van der Waals surface area contributed by atoms with Gasteiger partial charge in [0.25, 0.3) is 0 Å². The van der Waals surface area contributed by atoms with Crippen LogP contribution in [0.1, 0.15) is 41.8 Å². The van der Waals surface area contributed by atoms with E-state index >= 15 is 0 Å². The Labute approximate surface area is 138 Å². The van der Waals surface area contributed by atoms with Crippen LogP contribution in [0.5, 0.6) is 0 Å². The van der Waals surface area contributed by atoms with Crippen LogP contribution < -0.4 is 0 Å². The van der Waals surface area contributed by atoms with Crippen LogP contribution in [0.4, 0.5) is 13.2 Å². The SMILES string of the molecule is FC(F)(F)c1ccc(CN2CCCC3(CCc4cn[nH]c43)C2)cn1. The molecule has 0 amide bonds. The molecular weight excluding hydrogens is 317 g/mol. The molecule has 1 unspecified atom stereocenters. The maximum Gasteiger partial charge on any atom is 0.433 e. The molecule has 0 bridgehead atoms. The van der Waals surface area contributed by atoms with E-state index in [9.17, 15) is 13.2 Å². The predicted octanol–water partition coefficient (Wildman–Crippen LogP) is 3.30. The van der Waals surface area contributed by atoms with Crippen molar-refractivity contribution in [3.8, 4) is 0 Å². The van der Waals surface area contributed by atoms with Gasteiger partial charge in [0.05, 0.1) is 6.20 Å². The van der Waals surface area contributed by atoms with Gasteiger partial charge in [0.1, 0.15) is 5.69 Å². The van der Waals surface area contributed by atoms with Gasteiger partial charge in [0.15, 0.2) is 0 Å². The van der Waals surface area contributed by atoms with Crippen LogP contribution in [-0.4, -0.2) is 33.2 Å². The van der Waals surface area contributed by atoms with Crippen molar-refractivity contribution in [2.75, 3.05) is 13.1 Å². The number of nitrogens with one attached hydrogen (secondary N) is 1. The fourth-order valence-corrected chi connectivity index (χ4v) is 4.17. The lowest BCUT2D eigenvalue weighted by atomic mass is 9.77. The van der Waals surface area contributed by atoms with Crippen molar-refractivity contribution in [2.24, 2.45) is 0 Å².